The van der Waals surface area contributed by atoms with Crippen LogP contribution in [0.25, 0.3) is 0 Å². The van der Waals surface area contributed by atoms with E-state index in [-0.39, 0.29) is 11.5 Å². The van der Waals surface area contributed by atoms with Crippen LogP contribution in [0.4, 0.5) is 5.00 Å². The topological polar surface area (TPSA) is 75.6 Å². The molecule has 0 radical (unpaired) electrons. The van der Waals surface area contributed by atoms with Crippen molar-refractivity contribution < 1.29 is 19.4 Å². The first-order valence-electron chi connectivity index (χ1n) is 6.47. The van der Waals surface area contributed by atoms with Crippen molar-refractivity contribution in [2.75, 3.05) is 11.9 Å². The molecular weight excluding hydrogens is 266 g/mol. The van der Waals surface area contributed by atoms with E-state index in [0.29, 0.717) is 18.0 Å². The highest BCUT2D eigenvalue weighted by atomic mass is 32.1. The Labute approximate surface area is 114 Å². The number of hydrogen-bond acceptors (Lipinski definition) is 4. The van der Waals surface area contributed by atoms with Crippen LogP contribution in [-0.2, 0) is 22.4 Å². The van der Waals surface area contributed by atoms with Gasteiger partial charge in [-0.3, -0.25) is 4.79 Å². The first kappa shape index (κ1) is 12.6. The van der Waals surface area contributed by atoms with Gasteiger partial charge in [-0.25, -0.2) is 4.79 Å². The Hall–Kier alpha value is -1.40. The Balaban J connectivity index is 1.84. The normalized spacial score (nSPS) is 21.4. The zero-order chi connectivity index (χ0) is 13.4. The fourth-order valence-corrected chi connectivity index (χ4v) is 3.98. The fourth-order valence-electron chi connectivity index (χ4n) is 2.70. The van der Waals surface area contributed by atoms with Gasteiger partial charge in [-0.05, 0) is 37.7 Å². The number of aryl methyl sites for hydroxylation is 1. The summed E-state index contributed by atoms with van der Waals surface area (Å²) >= 11 is 1.40. The van der Waals surface area contributed by atoms with Gasteiger partial charge in [0.2, 0.25) is 0 Å². The van der Waals surface area contributed by atoms with E-state index in [9.17, 15) is 14.7 Å². The number of carboxylic acids is 1. The monoisotopic (exact) mass is 281 g/mol. The van der Waals surface area contributed by atoms with Crippen LogP contribution in [0.5, 0.6) is 0 Å². The third-order valence-corrected chi connectivity index (χ3v) is 4.80. The van der Waals surface area contributed by atoms with Gasteiger partial charge in [-0.2, -0.15) is 0 Å². The summed E-state index contributed by atoms with van der Waals surface area (Å²) in [6.07, 6.45) is 3.86. The van der Waals surface area contributed by atoms with Gasteiger partial charge in [0.05, 0.1) is 5.56 Å². The van der Waals surface area contributed by atoms with Gasteiger partial charge in [0.1, 0.15) is 11.1 Å². The molecule has 2 N–H and O–H groups in total. The highest BCUT2D eigenvalue weighted by molar-refractivity contribution is 7.17. The maximum Gasteiger partial charge on any atom is 0.339 e. The zero-order valence-corrected chi connectivity index (χ0v) is 11.2. The molecule has 1 amide bonds. The summed E-state index contributed by atoms with van der Waals surface area (Å²) in [6.45, 7) is 0.602. The maximum atomic E-state index is 12.0. The lowest BCUT2D eigenvalue weighted by Gasteiger charge is -2.10. The number of aromatic carboxylic acids is 1. The van der Waals surface area contributed by atoms with Gasteiger partial charge in [-0.1, -0.05) is 0 Å². The van der Waals surface area contributed by atoms with Crippen molar-refractivity contribution in [3.8, 4) is 0 Å². The minimum Gasteiger partial charge on any atom is -0.478 e. The number of carbonyl (C=O) groups excluding carboxylic acids is 1. The molecule has 1 saturated heterocycles. The predicted molar refractivity (Wildman–Crippen MR) is 70.9 cm³/mol. The first-order chi connectivity index (χ1) is 9.16. The van der Waals surface area contributed by atoms with Gasteiger partial charge < -0.3 is 15.2 Å². The van der Waals surface area contributed by atoms with E-state index < -0.39 is 12.1 Å². The van der Waals surface area contributed by atoms with Crippen molar-refractivity contribution in [2.45, 2.75) is 38.2 Å². The fraction of sp³-hybridized carbons (Fsp3) is 0.538. The molecule has 0 saturated carbocycles. The third-order valence-electron chi connectivity index (χ3n) is 3.59. The minimum absolute atomic E-state index is 0.222. The van der Waals surface area contributed by atoms with E-state index in [1.54, 1.807) is 0 Å². The largest absolute Gasteiger partial charge is 0.478 e. The smallest absolute Gasteiger partial charge is 0.339 e. The molecule has 0 spiro atoms. The number of fused-ring (bicyclic) bond motifs is 1. The van der Waals surface area contributed by atoms with Crippen LogP contribution in [-0.4, -0.2) is 29.7 Å². The van der Waals surface area contributed by atoms with Gasteiger partial charge in [0.15, 0.2) is 0 Å². The molecule has 19 heavy (non-hydrogen) atoms. The van der Waals surface area contributed by atoms with E-state index in [2.05, 4.69) is 5.32 Å². The Morgan fingerprint density at radius 2 is 2.16 bits per heavy atom. The lowest BCUT2D eigenvalue weighted by molar-refractivity contribution is -0.124. The quantitative estimate of drug-likeness (QED) is 0.889. The zero-order valence-electron chi connectivity index (χ0n) is 10.4. The van der Waals surface area contributed by atoms with Crippen molar-refractivity contribution in [2.24, 2.45) is 0 Å². The molecule has 102 valence electrons. The van der Waals surface area contributed by atoms with Gasteiger partial charge >= 0.3 is 5.97 Å². The van der Waals surface area contributed by atoms with Crippen LogP contribution in [0, 0.1) is 0 Å². The van der Waals surface area contributed by atoms with Gasteiger partial charge in [0, 0.05) is 11.5 Å². The number of carboxylic acid groups (broad SMARTS) is 1. The summed E-state index contributed by atoms with van der Waals surface area (Å²) in [4.78, 5) is 24.5. The second-order valence-electron chi connectivity index (χ2n) is 4.86. The number of amides is 1. The standard InChI is InChI=1S/C13H15NO4S/c15-11(8-4-2-6-18-8)14-12-10(13(16)17)7-3-1-5-9(7)19-12/h8H,1-6H2,(H,14,15)(H,16,17). The number of carbonyl (C=O) groups is 2. The van der Waals surface area contributed by atoms with E-state index >= 15 is 0 Å². The van der Waals surface area contributed by atoms with Crippen LogP contribution in [0.2, 0.25) is 0 Å². The molecule has 0 aromatic carbocycles. The Kier molecular flexibility index (Phi) is 3.28. The van der Waals surface area contributed by atoms with Crippen LogP contribution < -0.4 is 5.32 Å². The van der Waals surface area contributed by atoms with Crippen LogP contribution in [0.1, 0.15) is 40.1 Å². The molecule has 1 aliphatic carbocycles. The van der Waals surface area contributed by atoms with Gasteiger partial charge in [-0.15, -0.1) is 11.3 Å². The summed E-state index contributed by atoms with van der Waals surface area (Å²) in [5, 5.41) is 12.5. The van der Waals surface area contributed by atoms with Crippen LogP contribution >= 0.6 is 11.3 Å². The number of rotatable bonds is 3. The maximum absolute atomic E-state index is 12.0. The summed E-state index contributed by atoms with van der Waals surface area (Å²) in [6, 6.07) is 0. The van der Waals surface area contributed by atoms with E-state index in [1.165, 1.54) is 11.3 Å². The SMILES string of the molecule is O=C(O)c1c(NC(=O)C2CCCO2)sc2c1CCC2. The summed E-state index contributed by atoms with van der Waals surface area (Å²) < 4.78 is 5.31. The Morgan fingerprint density at radius 3 is 2.84 bits per heavy atom. The number of thiophene rings is 1. The molecule has 5 nitrogen and oxygen atoms in total. The molecule has 1 aromatic heterocycles. The van der Waals surface area contributed by atoms with E-state index in [0.717, 1.165) is 36.1 Å². The first-order valence-corrected chi connectivity index (χ1v) is 7.29. The average molecular weight is 281 g/mol. The van der Waals surface area contributed by atoms with Gasteiger partial charge in [0.25, 0.3) is 5.91 Å². The predicted octanol–water partition coefficient (Wildman–Crippen LogP) is 2.05. The summed E-state index contributed by atoms with van der Waals surface area (Å²) in [7, 11) is 0. The molecule has 1 aliphatic heterocycles. The molecule has 0 bridgehead atoms. The number of anilines is 1. The lowest BCUT2D eigenvalue weighted by atomic mass is 10.1. The van der Waals surface area contributed by atoms with Crippen molar-refractivity contribution in [3.63, 3.8) is 0 Å². The molecule has 6 heteroatoms. The summed E-state index contributed by atoms with van der Waals surface area (Å²) in [5.41, 5.74) is 1.18. The molecule has 2 aliphatic rings. The molecular formula is C13H15NO4S. The highest BCUT2D eigenvalue weighted by Gasteiger charge is 2.30. The van der Waals surface area contributed by atoms with Crippen LogP contribution in [0.15, 0.2) is 0 Å². The minimum atomic E-state index is -0.956. The molecule has 1 fully saturated rings. The lowest BCUT2D eigenvalue weighted by Crippen LogP contribution is -2.27. The number of hydrogen-bond donors (Lipinski definition) is 2. The van der Waals surface area contributed by atoms with E-state index in [4.69, 9.17) is 4.74 Å². The number of nitrogens with one attached hydrogen (secondary N) is 1. The second kappa shape index (κ2) is 4.94. The average Bonchev–Trinajstić information content (AvgIpc) is 3.03. The Morgan fingerprint density at radius 1 is 1.32 bits per heavy atom. The van der Waals surface area contributed by atoms with Crippen molar-refractivity contribution in [1.82, 2.24) is 0 Å². The van der Waals surface area contributed by atoms with Crippen LogP contribution in [0.3, 0.4) is 0 Å². The van der Waals surface area contributed by atoms with Crippen molar-refractivity contribution in [3.05, 3.63) is 16.0 Å². The molecule has 2 heterocycles. The molecule has 1 atom stereocenters. The third kappa shape index (κ3) is 2.26. The second-order valence-corrected chi connectivity index (χ2v) is 5.96. The van der Waals surface area contributed by atoms with E-state index in [1.807, 2.05) is 0 Å². The molecule has 1 unspecified atom stereocenters. The Bertz CT molecular complexity index is 531. The summed E-state index contributed by atoms with van der Waals surface area (Å²) in [5.74, 6) is -1.18. The van der Waals surface area contributed by atoms with Crippen molar-refractivity contribution in [1.29, 1.82) is 0 Å². The number of ether oxygens (including phenoxy) is 1. The highest BCUT2D eigenvalue weighted by Crippen LogP contribution is 2.39. The van der Waals surface area contributed by atoms with Crippen molar-refractivity contribution >= 4 is 28.2 Å². The molecule has 1 aromatic rings. The molecule has 3 rings (SSSR count).